The van der Waals surface area contributed by atoms with Gasteiger partial charge < -0.3 is 4.98 Å². The minimum atomic E-state index is -1.08. The van der Waals surface area contributed by atoms with Crippen molar-refractivity contribution in [2.24, 2.45) is 0 Å². The maximum atomic E-state index is 11.9. The number of H-pyrrole nitrogens is 1. The molecule has 1 aromatic heterocycles. The Morgan fingerprint density at radius 1 is 1.14 bits per heavy atom. The van der Waals surface area contributed by atoms with E-state index < -0.39 is 10.8 Å². The van der Waals surface area contributed by atoms with E-state index in [9.17, 15) is 4.21 Å². The monoisotopic (exact) mass is 205 g/mol. The molecule has 0 aliphatic rings. The Balaban J connectivity index is 2.33. The maximum absolute atomic E-state index is 11.9. The number of aryl methyl sites for hydroxylation is 1. The average molecular weight is 205 g/mol. The quantitative estimate of drug-likeness (QED) is 0.802. The Kier molecular flexibility index (Phi) is 2.50. The van der Waals surface area contributed by atoms with Gasteiger partial charge in [-0.2, -0.15) is 0 Å². The molecule has 0 spiro atoms. The summed E-state index contributed by atoms with van der Waals surface area (Å²) in [6, 6.07) is 11.4. The number of benzene rings is 1. The number of hydrogen-bond donors (Lipinski definition) is 1. The molecule has 0 saturated carbocycles. The summed E-state index contributed by atoms with van der Waals surface area (Å²) in [5, 5.41) is 0.744. The molecule has 0 unspecified atom stereocenters. The number of hydrogen-bond acceptors (Lipinski definition) is 1. The molecule has 0 aliphatic heterocycles. The second-order valence-corrected chi connectivity index (χ2v) is 4.56. The third-order valence-corrected chi connectivity index (χ3v) is 3.36. The fourth-order valence-electron chi connectivity index (χ4n) is 1.22. The second-order valence-electron chi connectivity index (χ2n) is 3.12. The number of aromatic amines is 1. The van der Waals surface area contributed by atoms with Crippen LogP contribution in [0.4, 0.5) is 0 Å². The molecule has 2 rings (SSSR count). The highest BCUT2D eigenvalue weighted by Gasteiger charge is 2.06. The van der Waals surface area contributed by atoms with Gasteiger partial charge in [0.05, 0.1) is 0 Å². The summed E-state index contributed by atoms with van der Waals surface area (Å²) in [6.07, 6.45) is 1.78. The van der Waals surface area contributed by atoms with Crippen LogP contribution in [0.25, 0.3) is 0 Å². The van der Waals surface area contributed by atoms with Gasteiger partial charge >= 0.3 is 0 Å². The predicted octanol–water partition coefficient (Wildman–Crippen LogP) is 2.49. The zero-order valence-corrected chi connectivity index (χ0v) is 8.67. The van der Waals surface area contributed by atoms with E-state index >= 15 is 0 Å². The Bertz CT molecular complexity index is 431. The van der Waals surface area contributed by atoms with Crippen molar-refractivity contribution in [3.63, 3.8) is 0 Å². The van der Waals surface area contributed by atoms with Crippen molar-refractivity contribution in [1.29, 1.82) is 0 Å². The van der Waals surface area contributed by atoms with Crippen LogP contribution in [-0.4, -0.2) is 9.19 Å². The summed E-state index contributed by atoms with van der Waals surface area (Å²) in [6.45, 7) is 2.02. The van der Waals surface area contributed by atoms with E-state index in [1.807, 2.05) is 43.3 Å². The summed E-state index contributed by atoms with van der Waals surface area (Å²) in [4.78, 5) is 3.78. The molecule has 0 aliphatic carbocycles. The third kappa shape index (κ3) is 1.77. The molecule has 3 heteroatoms. The van der Waals surface area contributed by atoms with Gasteiger partial charge in [-0.1, -0.05) is 17.7 Å². The van der Waals surface area contributed by atoms with E-state index in [1.54, 1.807) is 6.20 Å². The highest BCUT2D eigenvalue weighted by atomic mass is 32.2. The fraction of sp³-hybridized carbons (Fsp3) is 0.0909. The van der Waals surface area contributed by atoms with Crippen molar-refractivity contribution in [3.8, 4) is 0 Å². The molecule has 0 fully saturated rings. The first kappa shape index (κ1) is 9.21. The molecule has 14 heavy (non-hydrogen) atoms. The predicted molar refractivity (Wildman–Crippen MR) is 56.6 cm³/mol. The van der Waals surface area contributed by atoms with Crippen molar-refractivity contribution in [1.82, 2.24) is 4.98 Å². The molecule has 2 nitrogen and oxygen atoms in total. The van der Waals surface area contributed by atoms with Crippen LogP contribution in [-0.2, 0) is 10.8 Å². The van der Waals surface area contributed by atoms with Crippen LogP contribution >= 0.6 is 0 Å². The van der Waals surface area contributed by atoms with Crippen LogP contribution in [0.3, 0.4) is 0 Å². The molecule has 0 saturated heterocycles. The topological polar surface area (TPSA) is 32.9 Å². The SMILES string of the molecule is Cc1ccc([S@](=O)c2ccc[nH]2)cc1. The molecule has 1 aromatic carbocycles. The van der Waals surface area contributed by atoms with Crippen molar-refractivity contribution < 1.29 is 4.21 Å². The van der Waals surface area contributed by atoms with Gasteiger partial charge in [-0.3, -0.25) is 0 Å². The zero-order chi connectivity index (χ0) is 9.97. The van der Waals surface area contributed by atoms with Crippen LogP contribution in [0.1, 0.15) is 5.56 Å². The van der Waals surface area contributed by atoms with E-state index in [-0.39, 0.29) is 0 Å². The van der Waals surface area contributed by atoms with Gasteiger partial charge in [0, 0.05) is 11.1 Å². The van der Waals surface area contributed by atoms with Gasteiger partial charge in [-0.05, 0) is 31.2 Å². The lowest BCUT2D eigenvalue weighted by Gasteiger charge is -1.99. The molecule has 0 radical (unpaired) electrons. The number of rotatable bonds is 2. The third-order valence-electron chi connectivity index (χ3n) is 2.00. The molecule has 0 amide bonds. The molecular formula is C11H11NOS. The minimum absolute atomic E-state index is 0.744. The van der Waals surface area contributed by atoms with Gasteiger partial charge in [0.25, 0.3) is 0 Å². The van der Waals surface area contributed by atoms with Crippen LogP contribution < -0.4 is 0 Å². The van der Waals surface area contributed by atoms with Gasteiger partial charge in [0.1, 0.15) is 15.8 Å². The van der Waals surface area contributed by atoms with Crippen LogP contribution in [0.5, 0.6) is 0 Å². The number of aromatic nitrogens is 1. The van der Waals surface area contributed by atoms with Crippen LogP contribution in [0.15, 0.2) is 52.5 Å². The summed E-state index contributed by atoms with van der Waals surface area (Å²) < 4.78 is 11.9. The van der Waals surface area contributed by atoms with Gasteiger partial charge in [-0.15, -0.1) is 0 Å². The average Bonchev–Trinajstić information content (AvgIpc) is 2.71. The molecule has 2 aromatic rings. The van der Waals surface area contributed by atoms with E-state index in [2.05, 4.69) is 4.98 Å². The Morgan fingerprint density at radius 2 is 1.86 bits per heavy atom. The fourth-order valence-corrected chi connectivity index (χ4v) is 2.23. The number of nitrogens with one attached hydrogen (secondary N) is 1. The highest BCUT2D eigenvalue weighted by Crippen LogP contribution is 2.14. The van der Waals surface area contributed by atoms with E-state index in [0.717, 1.165) is 9.92 Å². The Labute approximate surface area is 85.4 Å². The highest BCUT2D eigenvalue weighted by molar-refractivity contribution is 7.85. The first-order chi connectivity index (χ1) is 6.77. The first-order valence-corrected chi connectivity index (χ1v) is 5.54. The van der Waals surface area contributed by atoms with Gasteiger partial charge in [0.2, 0.25) is 0 Å². The van der Waals surface area contributed by atoms with E-state index in [4.69, 9.17) is 0 Å². The van der Waals surface area contributed by atoms with Crippen LogP contribution in [0, 0.1) is 6.92 Å². The van der Waals surface area contributed by atoms with Gasteiger partial charge in [-0.25, -0.2) is 4.21 Å². The minimum Gasteiger partial charge on any atom is -0.354 e. The molecule has 1 heterocycles. The molecule has 1 N–H and O–H groups in total. The largest absolute Gasteiger partial charge is 0.354 e. The second kappa shape index (κ2) is 3.80. The molecule has 0 bridgehead atoms. The Morgan fingerprint density at radius 3 is 2.43 bits per heavy atom. The summed E-state index contributed by atoms with van der Waals surface area (Å²) in [5.41, 5.74) is 1.18. The molecule has 72 valence electrons. The lowest BCUT2D eigenvalue weighted by atomic mass is 10.2. The summed E-state index contributed by atoms with van der Waals surface area (Å²) >= 11 is 0. The zero-order valence-electron chi connectivity index (χ0n) is 7.86. The standard InChI is InChI=1S/C11H11NOS/c1-9-4-6-10(7-5-9)14(13)11-3-2-8-12-11/h2-8,12H,1H3/t14-/m0/s1. The van der Waals surface area contributed by atoms with Crippen molar-refractivity contribution in [2.75, 3.05) is 0 Å². The maximum Gasteiger partial charge on any atom is 0.109 e. The first-order valence-electron chi connectivity index (χ1n) is 4.39. The summed E-state index contributed by atoms with van der Waals surface area (Å²) in [5.74, 6) is 0. The van der Waals surface area contributed by atoms with Crippen molar-refractivity contribution >= 4 is 10.8 Å². The molecule has 1 atom stereocenters. The molecular weight excluding hydrogens is 194 g/mol. The Hall–Kier alpha value is -1.35. The normalized spacial score (nSPS) is 12.6. The lowest BCUT2D eigenvalue weighted by molar-refractivity contribution is 0.681. The smallest absolute Gasteiger partial charge is 0.109 e. The van der Waals surface area contributed by atoms with Gasteiger partial charge in [0.15, 0.2) is 0 Å². The lowest BCUT2D eigenvalue weighted by Crippen LogP contribution is -1.92. The summed E-state index contributed by atoms with van der Waals surface area (Å²) in [7, 11) is -1.08. The van der Waals surface area contributed by atoms with E-state index in [1.165, 1.54) is 5.56 Å². The van der Waals surface area contributed by atoms with E-state index in [0.29, 0.717) is 0 Å². The van der Waals surface area contributed by atoms with Crippen molar-refractivity contribution in [3.05, 3.63) is 48.2 Å². The van der Waals surface area contributed by atoms with Crippen molar-refractivity contribution in [2.45, 2.75) is 16.8 Å². The van der Waals surface area contributed by atoms with Crippen LogP contribution in [0.2, 0.25) is 0 Å².